The van der Waals surface area contributed by atoms with E-state index in [1.54, 1.807) is 32.4 Å². The first-order valence-electron chi connectivity index (χ1n) is 14.2. The number of rotatable bonds is 8. The second-order valence-corrected chi connectivity index (χ2v) is 13.3. The lowest BCUT2D eigenvalue weighted by Gasteiger charge is -2.38. The van der Waals surface area contributed by atoms with Gasteiger partial charge in [0.1, 0.15) is 29.5 Å². The smallest absolute Gasteiger partial charge is 0.243 e. The summed E-state index contributed by atoms with van der Waals surface area (Å²) in [5.41, 5.74) is 4.21. The molecule has 9 heteroatoms. The number of halogens is 1. The van der Waals surface area contributed by atoms with Gasteiger partial charge in [0.25, 0.3) is 0 Å². The standard InChI is InChI=1S/C34H34ClNO6S/c1-39-29-8-3-24(4-9-29)21-36(22-25-5-10-30(40-2)11-6-25)43(37,38)31-12-14-33-27(20-31)15-17-34(23-41-33)32-13-7-28(35)19-26(32)16-18-42-34/h3-14,19-20H,15-18,21-23H2,1-2H3/t34-/m1/s1. The predicted octanol–water partition coefficient (Wildman–Crippen LogP) is 6.54. The summed E-state index contributed by atoms with van der Waals surface area (Å²) in [6.07, 6.45) is 2.07. The third kappa shape index (κ3) is 6.10. The minimum Gasteiger partial charge on any atom is -0.497 e. The fourth-order valence-electron chi connectivity index (χ4n) is 5.87. The topological polar surface area (TPSA) is 74.3 Å². The minimum atomic E-state index is -3.89. The van der Waals surface area contributed by atoms with Gasteiger partial charge in [-0.15, -0.1) is 0 Å². The molecule has 1 atom stereocenters. The molecule has 0 N–H and O–H groups in total. The molecule has 0 saturated carbocycles. The molecule has 2 heterocycles. The van der Waals surface area contributed by atoms with Gasteiger partial charge in [-0.1, -0.05) is 41.9 Å². The highest BCUT2D eigenvalue weighted by Crippen LogP contribution is 2.42. The first-order chi connectivity index (χ1) is 20.8. The summed E-state index contributed by atoms with van der Waals surface area (Å²) >= 11 is 6.28. The number of ether oxygens (including phenoxy) is 4. The largest absolute Gasteiger partial charge is 0.497 e. The van der Waals surface area contributed by atoms with Crippen LogP contribution in [0.15, 0.2) is 89.8 Å². The van der Waals surface area contributed by atoms with Crippen molar-refractivity contribution in [3.63, 3.8) is 0 Å². The lowest BCUT2D eigenvalue weighted by atomic mass is 9.83. The summed E-state index contributed by atoms with van der Waals surface area (Å²) in [6, 6.07) is 26.0. The zero-order valence-corrected chi connectivity index (χ0v) is 25.8. The van der Waals surface area contributed by atoms with Gasteiger partial charge in [-0.25, -0.2) is 8.42 Å². The van der Waals surface area contributed by atoms with Crippen molar-refractivity contribution in [1.82, 2.24) is 4.31 Å². The van der Waals surface area contributed by atoms with Crippen LogP contribution < -0.4 is 14.2 Å². The van der Waals surface area contributed by atoms with Gasteiger partial charge in [-0.2, -0.15) is 4.31 Å². The van der Waals surface area contributed by atoms with E-state index < -0.39 is 15.6 Å². The van der Waals surface area contributed by atoms with Gasteiger partial charge in [0.15, 0.2) is 0 Å². The molecule has 0 aliphatic carbocycles. The summed E-state index contributed by atoms with van der Waals surface area (Å²) in [7, 11) is -0.681. The van der Waals surface area contributed by atoms with Crippen LogP contribution in [0.4, 0.5) is 0 Å². The monoisotopic (exact) mass is 619 g/mol. The molecule has 6 rings (SSSR count). The summed E-state index contributed by atoms with van der Waals surface area (Å²) in [5, 5.41) is 0.706. The maximum absolute atomic E-state index is 14.2. The van der Waals surface area contributed by atoms with Crippen LogP contribution in [0.5, 0.6) is 17.2 Å². The van der Waals surface area contributed by atoms with Crippen LogP contribution in [0.2, 0.25) is 5.02 Å². The van der Waals surface area contributed by atoms with E-state index in [4.69, 9.17) is 30.5 Å². The van der Waals surface area contributed by atoms with Crippen molar-refractivity contribution in [2.75, 3.05) is 27.4 Å². The summed E-state index contributed by atoms with van der Waals surface area (Å²) in [4.78, 5) is 0.226. The van der Waals surface area contributed by atoms with Crippen LogP contribution in [0, 0.1) is 0 Å². The molecule has 0 fully saturated rings. The number of benzene rings is 4. The number of fused-ring (bicyclic) bond motifs is 3. The molecule has 4 aromatic carbocycles. The molecular formula is C34H34ClNO6S. The fourth-order valence-corrected chi connectivity index (χ4v) is 7.54. The van der Waals surface area contributed by atoms with Crippen LogP contribution in [0.1, 0.15) is 34.2 Å². The van der Waals surface area contributed by atoms with Crippen molar-refractivity contribution >= 4 is 21.6 Å². The molecule has 0 saturated heterocycles. The Kier molecular flexibility index (Phi) is 8.38. The molecule has 1 spiro atoms. The van der Waals surface area contributed by atoms with Crippen molar-refractivity contribution in [3.05, 3.63) is 118 Å². The highest BCUT2D eigenvalue weighted by Gasteiger charge is 2.41. The first-order valence-corrected chi connectivity index (χ1v) is 16.1. The van der Waals surface area contributed by atoms with Gasteiger partial charge >= 0.3 is 0 Å². The number of aryl methyl sites for hydroxylation is 1. The summed E-state index contributed by atoms with van der Waals surface area (Å²) < 4.78 is 53.2. The number of methoxy groups -OCH3 is 2. The molecule has 0 amide bonds. The summed E-state index contributed by atoms with van der Waals surface area (Å²) in [6.45, 7) is 1.32. The van der Waals surface area contributed by atoms with Gasteiger partial charge in [-0.3, -0.25) is 0 Å². The Labute approximate surface area is 258 Å². The Bertz CT molecular complexity index is 1660. The average molecular weight is 620 g/mol. The van der Waals surface area contributed by atoms with Crippen LogP contribution in [0.25, 0.3) is 0 Å². The van der Waals surface area contributed by atoms with E-state index in [1.807, 2.05) is 66.7 Å². The van der Waals surface area contributed by atoms with Gasteiger partial charge in [0.2, 0.25) is 10.0 Å². The van der Waals surface area contributed by atoms with E-state index >= 15 is 0 Å². The average Bonchev–Trinajstić information content (AvgIpc) is 3.21. The Balaban J connectivity index is 1.30. The molecule has 0 bridgehead atoms. The van der Waals surface area contributed by atoms with Gasteiger partial charge in [0.05, 0.1) is 25.7 Å². The number of hydrogen-bond acceptors (Lipinski definition) is 6. The van der Waals surface area contributed by atoms with E-state index in [0.29, 0.717) is 48.3 Å². The molecule has 224 valence electrons. The van der Waals surface area contributed by atoms with Gasteiger partial charge in [0, 0.05) is 18.1 Å². The molecule has 0 radical (unpaired) electrons. The lowest BCUT2D eigenvalue weighted by Crippen LogP contribution is -2.40. The zero-order chi connectivity index (χ0) is 30.0. The second kappa shape index (κ2) is 12.2. The van der Waals surface area contributed by atoms with E-state index in [-0.39, 0.29) is 18.0 Å². The van der Waals surface area contributed by atoms with E-state index in [2.05, 4.69) is 0 Å². The molecule has 2 aliphatic rings. The Morgan fingerprint density at radius 1 is 0.814 bits per heavy atom. The molecule has 43 heavy (non-hydrogen) atoms. The van der Waals surface area contributed by atoms with Crippen LogP contribution in [0.3, 0.4) is 0 Å². The Morgan fingerprint density at radius 3 is 2.09 bits per heavy atom. The molecular weight excluding hydrogens is 586 g/mol. The number of hydrogen-bond donors (Lipinski definition) is 0. The number of nitrogens with zero attached hydrogens (tertiary/aromatic N) is 1. The maximum Gasteiger partial charge on any atom is 0.243 e. The SMILES string of the molecule is COc1ccc(CN(Cc2ccc(OC)cc2)S(=O)(=O)c2ccc3c(c2)CC[C@]2(CO3)OCCc3cc(Cl)ccc32)cc1. The lowest BCUT2D eigenvalue weighted by molar-refractivity contribution is -0.0892. The molecule has 4 aromatic rings. The van der Waals surface area contributed by atoms with E-state index in [1.165, 1.54) is 9.87 Å². The summed E-state index contributed by atoms with van der Waals surface area (Å²) in [5.74, 6) is 2.10. The zero-order valence-electron chi connectivity index (χ0n) is 24.2. The predicted molar refractivity (Wildman–Crippen MR) is 165 cm³/mol. The normalized spacial score (nSPS) is 18.0. The number of sulfonamides is 1. The quantitative estimate of drug-likeness (QED) is 0.223. The van der Waals surface area contributed by atoms with E-state index in [9.17, 15) is 8.42 Å². The molecule has 7 nitrogen and oxygen atoms in total. The second-order valence-electron chi connectivity index (χ2n) is 10.9. The van der Waals surface area contributed by atoms with Crippen LogP contribution in [-0.2, 0) is 46.3 Å². The Hall–Kier alpha value is -3.56. The highest BCUT2D eigenvalue weighted by molar-refractivity contribution is 7.89. The molecule has 2 aliphatic heterocycles. The van der Waals surface area contributed by atoms with E-state index in [0.717, 1.165) is 28.7 Å². The first kappa shape index (κ1) is 29.5. The van der Waals surface area contributed by atoms with Crippen LogP contribution >= 0.6 is 11.6 Å². The highest BCUT2D eigenvalue weighted by atomic mass is 35.5. The molecule has 0 unspecified atom stereocenters. The minimum absolute atomic E-state index is 0.197. The fraction of sp³-hybridized carbons (Fsp3) is 0.294. The van der Waals surface area contributed by atoms with Crippen molar-refractivity contribution in [2.45, 2.75) is 42.8 Å². The van der Waals surface area contributed by atoms with Crippen LogP contribution in [-0.4, -0.2) is 40.2 Å². The molecule has 0 aromatic heterocycles. The van der Waals surface area contributed by atoms with Gasteiger partial charge in [-0.05, 0) is 102 Å². The third-order valence-corrected chi connectivity index (χ3v) is 10.3. The third-order valence-electron chi connectivity index (χ3n) is 8.27. The van der Waals surface area contributed by atoms with Crippen molar-refractivity contribution in [2.24, 2.45) is 0 Å². The maximum atomic E-state index is 14.2. The Morgan fingerprint density at radius 2 is 1.47 bits per heavy atom. The van der Waals surface area contributed by atoms with Crippen molar-refractivity contribution < 1.29 is 27.4 Å². The van der Waals surface area contributed by atoms with Gasteiger partial charge < -0.3 is 18.9 Å². The van der Waals surface area contributed by atoms with Crippen molar-refractivity contribution in [3.8, 4) is 17.2 Å². The van der Waals surface area contributed by atoms with Crippen molar-refractivity contribution in [1.29, 1.82) is 0 Å².